The third-order valence-electron chi connectivity index (χ3n) is 3.38. The lowest BCUT2D eigenvalue weighted by Crippen LogP contribution is -2.34. The Kier molecular flexibility index (Phi) is 4.31. The van der Waals surface area contributed by atoms with Crippen molar-refractivity contribution in [2.75, 3.05) is 11.9 Å². The Hall–Kier alpha value is -1.42. The molecule has 0 spiro atoms. The van der Waals surface area contributed by atoms with Crippen LogP contribution in [0.15, 0.2) is 18.2 Å². The van der Waals surface area contributed by atoms with Gasteiger partial charge in [0.1, 0.15) is 5.82 Å². The van der Waals surface area contributed by atoms with E-state index in [4.69, 9.17) is 0 Å². The lowest BCUT2D eigenvalue weighted by atomic mass is 10.2. The molecule has 0 aliphatic heterocycles. The van der Waals surface area contributed by atoms with E-state index in [0.29, 0.717) is 18.3 Å². The van der Waals surface area contributed by atoms with Crippen molar-refractivity contribution in [3.63, 3.8) is 0 Å². The van der Waals surface area contributed by atoms with Gasteiger partial charge in [-0.25, -0.2) is 4.39 Å². The monoisotopic (exact) mass is 250 g/mol. The van der Waals surface area contributed by atoms with Crippen LogP contribution in [0.2, 0.25) is 0 Å². The van der Waals surface area contributed by atoms with Gasteiger partial charge in [0, 0.05) is 11.7 Å². The first-order chi connectivity index (χ1) is 8.65. The summed E-state index contributed by atoms with van der Waals surface area (Å²) in [6.45, 7) is 2.14. The van der Waals surface area contributed by atoms with Crippen LogP contribution < -0.4 is 10.6 Å². The molecule has 1 saturated carbocycles. The normalized spacial score (nSPS) is 15.9. The standard InChI is InChI=1S/C14H19FN2O/c1-10-6-7-11(15)8-13(10)17-14(18)9-16-12-4-2-3-5-12/h6-8,12,16H,2-5,9H2,1H3,(H,17,18). The molecule has 3 nitrogen and oxygen atoms in total. The molecule has 0 atom stereocenters. The highest BCUT2D eigenvalue weighted by Crippen LogP contribution is 2.18. The molecule has 4 heteroatoms. The fourth-order valence-corrected chi connectivity index (χ4v) is 2.29. The van der Waals surface area contributed by atoms with E-state index in [1.165, 1.54) is 25.0 Å². The van der Waals surface area contributed by atoms with Crippen LogP contribution in [0.5, 0.6) is 0 Å². The quantitative estimate of drug-likeness (QED) is 0.862. The maximum Gasteiger partial charge on any atom is 0.238 e. The van der Waals surface area contributed by atoms with Gasteiger partial charge < -0.3 is 10.6 Å². The summed E-state index contributed by atoms with van der Waals surface area (Å²) in [5.41, 5.74) is 1.42. The molecule has 1 amide bonds. The minimum Gasteiger partial charge on any atom is -0.325 e. The average molecular weight is 250 g/mol. The highest BCUT2D eigenvalue weighted by molar-refractivity contribution is 5.92. The lowest BCUT2D eigenvalue weighted by molar-refractivity contribution is -0.115. The SMILES string of the molecule is Cc1ccc(F)cc1NC(=O)CNC1CCCC1. The third kappa shape index (κ3) is 3.53. The number of carbonyl (C=O) groups is 1. The van der Waals surface area contributed by atoms with Gasteiger partial charge in [0.25, 0.3) is 0 Å². The topological polar surface area (TPSA) is 41.1 Å². The predicted octanol–water partition coefficient (Wildman–Crippen LogP) is 2.60. The van der Waals surface area contributed by atoms with Crippen LogP contribution in [-0.2, 0) is 4.79 Å². The van der Waals surface area contributed by atoms with Gasteiger partial charge in [-0.1, -0.05) is 18.9 Å². The largest absolute Gasteiger partial charge is 0.325 e. The number of hydrogen-bond acceptors (Lipinski definition) is 2. The summed E-state index contributed by atoms with van der Waals surface area (Å²) in [6, 6.07) is 4.87. The van der Waals surface area contributed by atoms with Gasteiger partial charge in [-0.3, -0.25) is 4.79 Å². The zero-order valence-electron chi connectivity index (χ0n) is 10.6. The predicted molar refractivity (Wildman–Crippen MR) is 70.0 cm³/mol. The molecule has 2 N–H and O–H groups in total. The van der Waals surface area contributed by atoms with Crippen molar-refractivity contribution in [1.82, 2.24) is 5.32 Å². The Morgan fingerprint density at radius 3 is 2.83 bits per heavy atom. The number of benzene rings is 1. The fraction of sp³-hybridized carbons (Fsp3) is 0.500. The maximum absolute atomic E-state index is 13.1. The van der Waals surface area contributed by atoms with Crippen LogP contribution in [-0.4, -0.2) is 18.5 Å². The van der Waals surface area contributed by atoms with E-state index in [0.717, 1.165) is 18.4 Å². The molecule has 1 aliphatic rings. The second-order valence-electron chi connectivity index (χ2n) is 4.87. The molecule has 0 heterocycles. The summed E-state index contributed by atoms with van der Waals surface area (Å²) >= 11 is 0. The Bertz CT molecular complexity index is 428. The minimum absolute atomic E-state index is 0.115. The second-order valence-corrected chi connectivity index (χ2v) is 4.87. The molecule has 18 heavy (non-hydrogen) atoms. The number of aryl methyl sites for hydroxylation is 1. The van der Waals surface area contributed by atoms with Crippen molar-refractivity contribution in [2.24, 2.45) is 0 Å². The van der Waals surface area contributed by atoms with E-state index in [9.17, 15) is 9.18 Å². The zero-order valence-corrected chi connectivity index (χ0v) is 10.6. The van der Waals surface area contributed by atoms with Crippen molar-refractivity contribution in [3.8, 4) is 0 Å². The van der Waals surface area contributed by atoms with Crippen molar-refractivity contribution < 1.29 is 9.18 Å². The number of amides is 1. The van der Waals surface area contributed by atoms with E-state index in [1.807, 2.05) is 6.92 Å². The third-order valence-corrected chi connectivity index (χ3v) is 3.38. The summed E-state index contributed by atoms with van der Waals surface area (Å²) in [7, 11) is 0. The van der Waals surface area contributed by atoms with Crippen molar-refractivity contribution in [2.45, 2.75) is 38.6 Å². The number of nitrogens with one attached hydrogen (secondary N) is 2. The van der Waals surface area contributed by atoms with Crippen LogP contribution >= 0.6 is 0 Å². The van der Waals surface area contributed by atoms with Crippen LogP contribution in [0.1, 0.15) is 31.2 Å². The summed E-state index contributed by atoms with van der Waals surface area (Å²) < 4.78 is 13.1. The van der Waals surface area contributed by atoms with Crippen molar-refractivity contribution >= 4 is 11.6 Å². The molecule has 0 saturated heterocycles. The molecule has 1 aromatic rings. The molecule has 0 unspecified atom stereocenters. The Morgan fingerprint density at radius 1 is 1.39 bits per heavy atom. The molecule has 1 aliphatic carbocycles. The number of anilines is 1. The van der Waals surface area contributed by atoms with Gasteiger partial charge in [0.15, 0.2) is 0 Å². The van der Waals surface area contributed by atoms with Gasteiger partial charge >= 0.3 is 0 Å². The summed E-state index contributed by atoms with van der Waals surface area (Å²) in [4.78, 5) is 11.7. The highest BCUT2D eigenvalue weighted by Gasteiger charge is 2.15. The molecule has 1 fully saturated rings. The van der Waals surface area contributed by atoms with Gasteiger partial charge in [-0.15, -0.1) is 0 Å². The Labute approximate surface area is 107 Å². The number of rotatable bonds is 4. The summed E-state index contributed by atoms with van der Waals surface area (Å²) in [5.74, 6) is -0.449. The molecular formula is C14H19FN2O. The van der Waals surface area contributed by atoms with Crippen LogP contribution in [0.3, 0.4) is 0 Å². The molecular weight excluding hydrogens is 231 g/mol. The zero-order chi connectivity index (χ0) is 13.0. The summed E-state index contributed by atoms with van der Waals surface area (Å²) in [5, 5.41) is 5.96. The number of hydrogen-bond donors (Lipinski definition) is 2. The Balaban J connectivity index is 1.84. The molecule has 0 bridgehead atoms. The first-order valence-electron chi connectivity index (χ1n) is 6.44. The number of carbonyl (C=O) groups excluding carboxylic acids is 1. The van der Waals surface area contributed by atoms with Gasteiger partial charge in [-0.05, 0) is 37.5 Å². The van der Waals surface area contributed by atoms with E-state index in [1.54, 1.807) is 6.07 Å². The average Bonchev–Trinajstić information content (AvgIpc) is 2.84. The van der Waals surface area contributed by atoms with E-state index in [2.05, 4.69) is 10.6 Å². The molecule has 98 valence electrons. The Morgan fingerprint density at radius 2 is 2.11 bits per heavy atom. The molecule has 0 aromatic heterocycles. The fourth-order valence-electron chi connectivity index (χ4n) is 2.29. The smallest absolute Gasteiger partial charge is 0.238 e. The van der Waals surface area contributed by atoms with Gasteiger partial charge in [0.2, 0.25) is 5.91 Å². The lowest BCUT2D eigenvalue weighted by Gasteiger charge is -2.12. The highest BCUT2D eigenvalue weighted by atomic mass is 19.1. The molecule has 1 aromatic carbocycles. The minimum atomic E-state index is -0.334. The first-order valence-corrected chi connectivity index (χ1v) is 6.44. The van der Waals surface area contributed by atoms with Gasteiger partial charge in [0.05, 0.1) is 6.54 Å². The van der Waals surface area contributed by atoms with Crippen LogP contribution in [0, 0.1) is 12.7 Å². The van der Waals surface area contributed by atoms with Gasteiger partial charge in [-0.2, -0.15) is 0 Å². The van der Waals surface area contributed by atoms with Crippen LogP contribution in [0.4, 0.5) is 10.1 Å². The molecule has 2 rings (SSSR count). The maximum atomic E-state index is 13.1. The molecule has 0 radical (unpaired) electrons. The van der Waals surface area contributed by atoms with E-state index in [-0.39, 0.29) is 11.7 Å². The first kappa shape index (κ1) is 13.0. The van der Waals surface area contributed by atoms with Crippen molar-refractivity contribution in [1.29, 1.82) is 0 Å². The second kappa shape index (κ2) is 5.96. The van der Waals surface area contributed by atoms with E-state index < -0.39 is 0 Å². The van der Waals surface area contributed by atoms with E-state index >= 15 is 0 Å². The summed E-state index contributed by atoms with van der Waals surface area (Å²) in [6.07, 6.45) is 4.77. The van der Waals surface area contributed by atoms with Crippen molar-refractivity contribution in [3.05, 3.63) is 29.6 Å². The number of halogens is 1. The van der Waals surface area contributed by atoms with Crippen LogP contribution in [0.25, 0.3) is 0 Å².